The van der Waals surface area contributed by atoms with E-state index in [-0.39, 0.29) is 6.61 Å². The van der Waals surface area contributed by atoms with Crippen LogP contribution in [0.15, 0.2) is 121 Å². The molecule has 0 aliphatic heterocycles. The Bertz CT molecular complexity index is 1510. The fourth-order valence-corrected chi connectivity index (χ4v) is 6.60. The lowest BCUT2D eigenvalue weighted by Crippen LogP contribution is -1.83. The Kier molecular flexibility index (Phi) is 6.93. The van der Waals surface area contributed by atoms with Crippen molar-refractivity contribution in [3.63, 3.8) is 0 Å². The number of benzene rings is 4. The molecule has 0 atom stereocenters. The van der Waals surface area contributed by atoms with Gasteiger partial charge >= 0.3 is 0 Å². The average Bonchev–Trinajstić information content (AvgIpc) is 3.68. The van der Waals surface area contributed by atoms with E-state index in [2.05, 4.69) is 97.1 Å². The lowest BCUT2D eigenvalue weighted by Gasteiger charge is -2.05. The minimum absolute atomic E-state index is 0.0720. The van der Waals surface area contributed by atoms with Crippen molar-refractivity contribution in [2.24, 2.45) is 0 Å². The predicted octanol–water partition coefficient (Wildman–Crippen LogP) is 9.65. The molecule has 0 bridgehead atoms. The van der Waals surface area contributed by atoms with E-state index >= 15 is 0 Å². The van der Waals surface area contributed by atoms with Crippen LogP contribution in [0, 0.1) is 0 Å². The molecule has 0 amide bonds. The molecule has 6 aromatic rings. The van der Waals surface area contributed by atoms with Crippen LogP contribution in [0.3, 0.4) is 0 Å². The van der Waals surface area contributed by atoms with Gasteiger partial charge in [-0.05, 0) is 75.3 Å². The van der Waals surface area contributed by atoms with E-state index in [1.807, 2.05) is 46.9 Å². The summed E-state index contributed by atoms with van der Waals surface area (Å²) in [4.78, 5) is 5.11. The average molecular weight is 531 g/mol. The number of hydrogen-bond donors (Lipinski definition) is 1. The molecule has 38 heavy (non-hydrogen) atoms. The normalized spacial score (nSPS) is 11.0. The maximum Gasteiger partial charge on any atom is 0.118 e. The quantitative estimate of drug-likeness (QED) is 0.223. The summed E-state index contributed by atoms with van der Waals surface area (Å²) in [7, 11) is 1.69. The highest BCUT2D eigenvalue weighted by Gasteiger charge is 2.10. The van der Waals surface area contributed by atoms with Crippen LogP contribution in [0.2, 0.25) is 0 Å². The summed E-state index contributed by atoms with van der Waals surface area (Å²) >= 11 is 3.66. The van der Waals surface area contributed by atoms with E-state index in [0.717, 1.165) is 16.9 Å². The summed E-state index contributed by atoms with van der Waals surface area (Å²) in [6, 6.07) is 42.6. The van der Waals surface area contributed by atoms with Crippen molar-refractivity contribution >= 4 is 22.7 Å². The Hall–Kier alpha value is -3.96. The molecule has 2 nitrogen and oxygen atoms in total. The zero-order valence-electron chi connectivity index (χ0n) is 20.9. The molecule has 0 unspecified atom stereocenters. The molecule has 4 heteroatoms. The van der Waals surface area contributed by atoms with Gasteiger partial charge in [0.1, 0.15) is 5.75 Å². The van der Waals surface area contributed by atoms with Crippen LogP contribution in [0.4, 0.5) is 0 Å². The van der Waals surface area contributed by atoms with Crippen LogP contribution < -0.4 is 4.74 Å². The first kappa shape index (κ1) is 24.4. The third kappa shape index (κ3) is 5.07. The fourth-order valence-electron chi connectivity index (χ4n) is 4.49. The van der Waals surface area contributed by atoms with Crippen LogP contribution in [0.25, 0.3) is 52.9 Å². The van der Waals surface area contributed by atoms with Crippen molar-refractivity contribution in [3.8, 4) is 58.6 Å². The lowest BCUT2D eigenvalue weighted by molar-refractivity contribution is 0.282. The molecular formula is C34H26O2S2. The van der Waals surface area contributed by atoms with E-state index in [9.17, 15) is 5.11 Å². The summed E-state index contributed by atoms with van der Waals surface area (Å²) in [5.74, 6) is 0.871. The van der Waals surface area contributed by atoms with Gasteiger partial charge in [-0.1, -0.05) is 84.9 Å². The van der Waals surface area contributed by atoms with Crippen molar-refractivity contribution in [3.05, 3.63) is 127 Å². The lowest BCUT2D eigenvalue weighted by atomic mass is 10.0. The van der Waals surface area contributed by atoms with Crippen LogP contribution in [-0.4, -0.2) is 12.2 Å². The second-order valence-electron chi connectivity index (χ2n) is 9.07. The van der Waals surface area contributed by atoms with Crippen molar-refractivity contribution in [1.29, 1.82) is 0 Å². The summed E-state index contributed by atoms with van der Waals surface area (Å²) in [6.07, 6.45) is 0. The molecule has 0 aliphatic carbocycles. The molecule has 0 saturated carbocycles. The van der Waals surface area contributed by atoms with Gasteiger partial charge in [-0.15, -0.1) is 22.7 Å². The van der Waals surface area contributed by atoms with Crippen LogP contribution in [0.5, 0.6) is 5.75 Å². The van der Waals surface area contributed by atoms with E-state index in [4.69, 9.17) is 4.74 Å². The third-order valence-electron chi connectivity index (χ3n) is 6.69. The van der Waals surface area contributed by atoms with Crippen molar-refractivity contribution in [2.75, 3.05) is 7.11 Å². The Morgan fingerprint density at radius 2 is 0.789 bits per heavy atom. The number of hydrogen-bond acceptors (Lipinski definition) is 4. The summed E-state index contributed by atoms with van der Waals surface area (Å²) in [6.45, 7) is 0.0720. The van der Waals surface area contributed by atoms with E-state index in [0.29, 0.717) is 0 Å². The molecule has 0 spiro atoms. The van der Waals surface area contributed by atoms with Gasteiger partial charge in [0.05, 0.1) is 13.7 Å². The second-order valence-corrected chi connectivity index (χ2v) is 11.2. The third-order valence-corrected chi connectivity index (χ3v) is 9.15. The number of ether oxygens (including phenoxy) is 1. The molecule has 0 radical (unpaired) electrons. The minimum atomic E-state index is 0.0720. The summed E-state index contributed by atoms with van der Waals surface area (Å²) < 4.78 is 5.27. The summed E-state index contributed by atoms with van der Waals surface area (Å²) in [5.41, 5.74) is 8.10. The predicted molar refractivity (Wildman–Crippen MR) is 162 cm³/mol. The van der Waals surface area contributed by atoms with Crippen molar-refractivity contribution in [2.45, 2.75) is 6.61 Å². The first-order valence-corrected chi connectivity index (χ1v) is 14.1. The zero-order valence-corrected chi connectivity index (χ0v) is 22.6. The minimum Gasteiger partial charge on any atom is -0.497 e. The smallest absolute Gasteiger partial charge is 0.118 e. The molecule has 0 fully saturated rings. The topological polar surface area (TPSA) is 29.5 Å². The number of methoxy groups -OCH3 is 1. The second kappa shape index (κ2) is 10.8. The molecule has 2 heterocycles. The molecule has 186 valence electrons. The maximum absolute atomic E-state index is 9.27. The Balaban J connectivity index is 1.17. The molecule has 0 aliphatic rings. The highest BCUT2D eigenvalue weighted by Crippen LogP contribution is 2.41. The van der Waals surface area contributed by atoms with Gasteiger partial charge in [0.15, 0.2) is 0 Å². The number of rotatable bonds is 7. The molecule has 6 rings (SSSR count). The molecule has 1 N–H and O–H groups in total. The first-order chi connectivity index (χ1) is 18.7. The van der Waals surface area contributed by atoms with E-state index < -0.39 is 0 Å². The Morgan fingerprint density at radius 1 is 0.447 bits per heavy atom. The van der Waals surface area contributed by atoms with Gasteiger partial charge in [0, 0.05) is 19.5 Å². The molecular weight excluding hydrogens is 505 g/mol. The number of aliphatic hydroxyl groups excluding tert-OH is 1. The van der Waals surface area contributed by atoms with Crippen molar-refractivity contribution < 1.29 is 9.84 Å². The highest BCUT2D eigenvalue weighted by molar-refractivity contribution is 7.25. The zero-order chi connectivity index (χ0) is 25.9. The van der Waals surface area contributed by atoms with Crippen LogP contribution >= 0.6 is 22.7 Å². The van der Waals surface area contributed by atoms with Gasteiger partial charge < -0.3 is 9.84 Å². The standard InChI is InChI=1S/C34H26O2S2/c1-36-30-16-14-27(15-17-30)26-8-12-29(13-9-26)32-19-21-34(38-32)33-20-18-31(37-33)28-10-6-25(7-11-28)24-4-2-23(22-35)3-5-24/h2-21,35H,22H2,1H3. The Labute approximate surface area is 231 Å². The van der Waals surface area contributed by atoms with Crippen molar-refractivity contribution in [1.82, 2.24) is 0 Å². The Morgan fingerprint density at radius 3 is 1.18 bits per heavy atom. The van der Waals surface area contributed by atoms with E-state index in [1.165, 1.54) is 47.3 Å². The summed E-state index contributed by atoms with van der Waals surface area (Å²) in [5, 5.41) is 9.27. The monoisotopic (exact) mass is 530 g/mol. The maximum atomic E-state index is 9.27. The SMILES string of the molecule is COc1ccc(-c2ccc(-c3ccc(-c4ccc(-c5ccc(-c6ccc(CO)cc6)cc5)s4)s3)cc2)cc1. The molecule has 0 saturated heterocycles. The van der Waals surface area contributed by atoms with Crippen LogP contribution in [-0.2, 0) is 6.61 Å². The van der Waals surface area contributed by atoms with Gasteiger partial charge in [-0.2, -0.15) is 0 Å². The van der Waals surface area contributed by atoms with Crippen LogP contribution in [0.1, 0.15) is 5.56 Å². The number of thiophene rings is 2. The first-order valence-electron chi connectivity index (χ1n) is 12.5. The highest BCUT2D eigenvalue weighted by atomic mass is 32.1. The van der Waals surface area contributed by atoms with Gasteiger partial charge in [0.25, 0.3) is 0 Å². The van der Waals surface area contributed by atoms with Gasteiger partial charge in [-0.3, -0.25) is 0 Å². The largest absolute Gasteiger partial charge is 0.497 e. The number of aliphatic hydroxyl groups is 1. The molecule has 4 aromatic carbocycles. The van der Waals surface area contributed by atoms with Gasteiger partial charge in [0.2, 0.25) is 0 Å². The fraction of sp³-hybridized carbons (Fsp3) is 0.0588. The molecule has 2 aromatic heterocycles. The van der Waals surface area contributed by atoms with E-state index in [1.54, 1.807) is 7.11 Å². The van der Waals surface area contributed by atoms with Gasteiger partial charge in [-0.25, -0.2) is 0 Å².